The molecule has 2 rings (SSSR count). The highest BCUT2D eigenvalue weighted by Crippen LogP contribution is 2.24. The minimum Gasteiger partial charge on any atom is -0.354 e. The molecule has 0 saturated heterocycles. The first-order valence-electron chi connectivity index (χ1n) is 5.80. The Kier molecular flexibility index (Phi) is 3.99. The van der Waals surface area contributed by atoms with E-state index in [-0.39, 0.29) is 0 Å². The Morgan fingerprint density at radius 2 is 2.00 bits per heavy atom. The quantitative estimate of drug-likeness (QED) is 0.884. The molecule has 0 amide bonds. The molecule has 1 aromatic carbocycles. The lowest BCUT2D eigenvalue weighted by Crippen LogP contribution is -2.05. The van der Waals surface area contributed by atoms with E-state index in [1.54, 1.807) is 0 Å². The van der Waals surface area contributed by atoms with Crippen LogP contribution in [0.1, 0.15) is 12.6 Å². The van der Waals surface area contributed by atoms with Crippen molar-refractivity contribution in [2.45, 2.75) is 13.8 Å². The fourth-order valence-corrected chi connectivity index (χ4v) is 1.75. The van der Waals surface area contributed by atoms with Gasteiger partial charge < -0.3 is 10.6 Å². The lowest BCUT2D eigenvalue weighted by atomic mass is 10.3. The van der Waals surface area contributed by atoms with E-state index in [4.69, 9.17) is 11.6 Å². The largest absolute Gasteiger partial charge is 0.354 e. The monoisotopic (exact) mass is 262 g/mol. The van der Waals surface area contributed by atoms with Crippen LogP contribution in [0.4, 0.5) is 17.5 Å². The van der Waals surface area contributed by atoms with E-state index in [9.17, 15) is 0 Å². The van der Waals surface area contributed by atoms with Crippen molar-refractivity contribution < 1.29 is 0 Å². The van der Waals surface area contributed by atoms with Crippen LogP contribution in [0.5, 0.6) is 0 Å². The number of halogens is 1. The van der Waals surface area contributed by atoms with Crippen molar-refractivity contribution in [1.82, 2.24) is 9.97 Å². The van der Waals surface area contributed by atoms with Gasteiger partial charge in [0.2, 0.25) is 5.95 Å². The van der Waals surface area contributed by atoms with Crippen LogP contribution >= 0.6 is 11.6 Å². The second-order valence-corrected chi connectivity index (χ2v) is 4.26. The van der Waals surface area contributed by atoms with E-state index in [0.29, 0.717) is 11.0 Å². The third-order valence-corrected chi connectivity index (χ3v) is 2.66. The summed E-state index contributed by atoms with van der Waals surface area (Å²) in [6.45, 7) is 4.72. The molecule has 4 nitrogen and oxygen atoms in total. The van der Waals surface area contributed by atoms with Crippen LogP contribution in [0.15, 0.2) is 30.3 Å². The average molecular weight is 263 g/mol. The molecule has 0 aliphatic rings. The Morgan fingerprint density at radius 1 is 1.22 bits per heavy atom. The molecule has 0 unspecified atom stereocenters. The normalized spacial score (nSPS) is 10.2. The number of para-hydroxylation sites is 1. The smallest absolute Gasteiger partial charge is 0.224 e. The van der Waals surface area contributed by atoms with Crippen molar-refractivity contribution in [2.24, 2.45) is 0 Å². The number of hydrogen-bond donors (Lipinski definition) is 2. The Morgan fingerprint density at radius 3 is 2.72 bits per heavy atom. The van der Waals surface area contributed by atoms with Gasteiger partial charge in [-0.1, -0.05) is 23.7 Å². The Hall–Kier alpha value is -1.81. The second-order valence-electron chi connectivity index (χ2n) is 3.85. The molecule has 2 aromatic rings. The minimum absolute atomic E-state index is 0.618. The molecule has 0 aliphatic carbocycles. The molecule has 0 atom stereocenters. The van der Waals surface area contributed by atoms with Crippen molar-refractivity contribution in [3.63, 3.8) is 0 Å². The van der Waals surface area contributed by atoms with E-state index in [1.165, 1.54) is 0 Å². The third kappa shape index (κ3) is 3.11. The molecular weight excluding hydrogens is 248 g/mol. The summed E-state index contributed by atoms with van der Waals surface area (Å²) in [5.74, 6) is 1.35. The highest BCUT2D eigenvalue weighted by atomic mass is 35.5. The molecule has 2 N–H and O–H groups in total. The molecule has 94 valence electrons. The molecule has 0 bridgehead atoms. The molecule has 1 aromatic heterocycles. The maximum absolute atomic E-state index is 6.09. The fourth-order valence-electron chi connectivity index (χ4n) is 1.57. The van der Waals surface area contributed by atoms with Gasteiger partial charge in [-0.15, -0.1) is 0 Å². The molecular formula is C13H15ClN4. The summed E-state index contributed by atoms with van der Waals surface area (Å²) in [5.41, 5.74) is 1.73. The first-order valence-corrected chi connectivity index (χ1v) is 6.18. The average Bonchev–Trinajstić information content (AvgIpc) is 2.32. The number of hydrogen-bond acceptors (Lipinski definition) is 4. The van der Waals surface area contributed by atoms with E-state index in [2.05, 4.69) is 20.6 Å². The van der Waals surface area contributed by atoms with E-state index in [1.807, 2.05) is 44.2 Å². The Balaban J connectivity index is 2.26. The summed E-state index contributed by atoms with van der Waals surface area (Å²) in [4.78, 5) is 8.66. The van der Waals surface area contributed by atoms with E-state index < -0.39 is 0 Å². The van der Waals surface area contributed by atoms with Crippen LogP contribution in [0.3, 0.4) is 0 Å². The number of anilines is 3. The molecule has 0 spiro atoms. The minimum atomic E-state index is 0.618. The van der Waals surface area contributed by atoms with Crippen molar-refractivity contribution in [2.75, 3.05) is 17.2 Å². The number of nitrogens with one attached hydrogen (secondary N) is 2. The Labute approximate surface area is 111 Å². The number of aromatic nitrogens is 2. The molecule has 0 radical (unpaired) electrons. The second kappa shape index (κ2) is 5.69. The molecule has 1 heterocycles. The van der Waals surface area contributed by atoms with E-state index in [0.717, 1.165) is 23.7 Å². The molecule has 18 heavy (non-hydrogen) atoms. The fraction of sp³-hybridized carbons (Fsp3) is 0.231. The summed E-state index contributed by atoms with van der Waals surface area (Å²) in [7, 11) is 0. The van der Waals surface area contributed by atoms with Crippen molar-refractivity contribution >= 4 is 29.1 Å². The zero-order chi connectivity index (χ0) is 13.0. The van der Waals surface area contributed by atoms with Gasteiger partial charge in [-0.25, -0.2) is 4.98 Å². The van der Waals surface area contributed by atoms with Crippen LogP contribution in [0.2, 0.25) is 5.02 Å². The third-order valence-electron chi connectivity index (χ3n) is 2.33. The summed E-state index contributed by atoms with van der Waals surface area (Å²) in [5, 5.41) is 6.95. The maximum Gasteiger partial charge on any atom is 0.224 e. The zero-order valence-corrected chi connectivity index (χ0v) is 11.1. The lowest BCUT2D eigenvalue weighted by molar-refractivity contribution is 1.05. The van der Waals surface area contributed by atoms with Gasteiger partial charge >= 0.3 is 0 Å². The predicted octanol–water partition coefficient (Wildman–Crippen LogP) is 3.61. The number of rotatable bonds is 4. The topological polar surface area (TPSA) is 49.8 Å². The highest BCUT2D eigenvalue weighted by Gasteiger charge is 2.04. The standard InChI is InChI=1S/C13H15ClN4/c1-3-15-13-16-9(2)8-12(18-13)17-11-7-5-4-6-10(11)14/h4-8H,3H2,1-2H3,(H2,15,16,17,18). The van der Waals surface area contributed by atoms with Crippen LogP contribution in [-0.4, -0.2) is 16.5 Å². The predicted molar refractivity (Wildman–Crippen MR) is 75.7 cm³/mol. The number of aryl methyl sites for hydroxylation is 1. The molecule has 0 fully saturated rings. The van der Waals surface area contributed by atoms with Crippen LogP contribution < -0.4 is 10.6 Å². The Bertz CT molecular complexity index is 542. The SMILES string of the molecule is CCNc1nc(C)cc(Nc2ccccc2Cl)n1. The van der Waals surface area contributed by atoms with Gasteiger partial charge in [-0.3, -0.25) is 0 Å². The molecule has 5 heteroatoms. The first kappa shape index (κ1) is 12.6. The zero-order valence-electron chi connectivity index (χ0n) is 10.4. The molecule has 0 saturated carbocycles. The van der Waals surface area contributed by atoms with Crippen LogP contribution in [0, 0.1) is 6.92 Å². The summed E-state index contributed by atoms with van der Waals surface area (Å²) in [6.07, 6.45) is 0. The number of benzene rings is 1. The van der Waals surface area contributed by atoms with Gasteiger partial charge in [0, 0.05) is 18.3 Å². The van der Waals surface area contributed by atoms with Crippen LogP contribution in [-0.2, 0) is 0 Å². The van der Waals surface area contributed by atoms with Gasteiger partial charge in [0.05, 0.1) is 10.7 Å². The van der Waals surface area contributed by atoms with Gasteiger partial charge in [0.1, 0.15) is 5.82 Å². The maximum atomic E-state index is 6.09. The molecule has 0 aliphatic heterocycles. The van der Waals surface area contributed by atoms with Crippen molar-refractivity contribution in [3.8, 4) is 0 Å². The van der Waals surface area contributed by atoms with Gasteiger partial charge in [-0.05, 0) is 26.0 Å². The van der Waals surface area contributed by atoms with Gasteiger partial charge in [-0.2, -0.15) is 4.98 Å². The summed E-state index contributed by atoms with van der Waals surface area (Å²) >= 11 is 6.09. The summed E-state index contributed by atoms with van der Waals surface area (Å²) < 4.78 is 0. The van der Waals surface area contributed by atoms with E-state index >= 15 is 0 Å². The highest BCUT2D eigenvalue weighted by molar-refractivity contribution is 6.33. The number of nitrogens with zero attached hydrogens (tertiary/aromatic N) is 2. The van der Waals surface area contributed by atoms with Crippen LogP contribution in [0.25, 0.3) is 0 Å². The van der Waals surface area contributed by atoms with Crippen molar-refractivity contribution in [3.05, 3.63) is 41.0 Å². The van der Waals surface area contributed by atoms with Gasteiger partial charge in [0.15, 0.2) is 0 Å². The summed E-state index contributed by atoms with van der Waals surface area (Å²) in [6, 6.07) is 9.44. The van der Waals surface area contributed by atoms with Crippen molar-refractivity contribution in [1.29, 1.82) is 0 Å². The first-order chi connectivity index (χ1) is 8.69. The lowest BCUT2D eigenvalue weighted by Gasteiger charge is -2.10. The van der Waals surface area contributed by atoms with Gasteiger partial charge in [0.25, 0.3) is 0 Å².